The van der Waals surface area contributed by atoms with E-state index in [9.17, 15) is 24.8 Å². The Morgan fingerprint density at radius 3 is 2.31 bits per heavy atom. The Kier molecular flexibility index (Phi) is 7.55. The number of phenols is 1. The number of nitro benzene ring substituents is 1. The van der Waals surface area contributed by atoms with E-state index in [1.807, 2.05) is 0 Å². The van der Waals surface area contributed by atoms with Crippen LogP contribution in [0.4, 0.5) is 22.7 Å². The molecule has 0 bridgehead atoms. The third-order valence-corrected chi connectivity index (χ3v) is 5.17. The summed E-state index contributed by atoms with van der Waals surface area (Å²) in [6.45, 7) is 0. The number of nitrogen functional groups attached to an aromatic ring is 2. The molecule has 4 aromatic rings. The lowest BCUT2D eigenvalue weighted by Crippen LogP contribution is -2.14. The molecule has 0 aliphatic heterocycles. The molecule has 0 aliphatic rings. The van der Waals surface area contributed by atoms with E-state index in [4.69, 9.17) is 21.9 Å². The fraction of sp³-hybridized carbons (Fsp3) is 0.0400. The number of ether oxygens (including phenoxy) is 1. The predicted molar refractivity (Wildman–Crippen MR) is 137 cm³/mol. The number of hydrogen-bond donors (Lipinski definition) is 5. The first-order valence-electron chi connectivity index (χ1n) is 10.4. The van der Waals surface area contributed by atoms with Crippen LogP contribution in [0.25, 0.3) is 10.8 Å². The largest absolute Gasteiger partial charge is 0.505 e. The SMILES string of the molecule is COc1ccc(C(N)=O)cc1N.Nc1c(O)c(C(=O)Nc2ccccc2[N+](=O)[O-])cc2ccccc12. The summed E-state index contributed by atoms with van der Waals surface area (Å²) in [6.07, 6.45) is 0. The number of nitrogens with two attached hydrogens (primary N) is 3. The molecule has 0 aromatic heterocycles. The van der Waals surface area contributed by atoms with Crippen LogP contribution in [0, 0.1) is 10.1 Å². The standard InChI is InChI=1S/C17H13N3O4.C8H10N2O2/c18-15-11-6-2-1-5-10(11)9-12(16(15)21)17(22)19-13-7-3-4-8-14(13)20(23)24;1-12-7-3-2-5(8(10)11)4-6(7)9/h1-9,21H,18H2,(H,19,22);2-4H,9H2,1H3,(H2,10,11). The summed E-state index contributed by atoms with van der Waals surface area (Å²) < 4.78 is 4.90. The zero-order valence-corrected chi connectivity index (χ0v) is 19.1. The second-order valence-corrected chi connectivity index (χ2v) is 7.46. The van der Waals surface area contributed by atoms with Gasteiger partial charge in [-0.05, 0) is 35.7 Å². The zero-order chi connectivity index (χ0) is 26.4. The van der Waals surface area contributed by atoms with Crippen molar-refractivity contribution in [3.05, 3.63) is 94.0 Å². The number of benzene rings is 4. The molecular formula is C25H23N5O6. The van der Waals surface area contributed by atoms with Gasteiger partial charge in [-0.3, -0.25) is 19.7 Å². The summed E-state index contributed by atoms with van der Waals surface area (Å²) in [7, 11) is 1.51. The normalized spacial score (nSPS) is 10.1. The molecule has 4 rings (SSSR count). The van der Waals surface area contributed by atoms with Gasteiger partial charge in [0.05, 0.1) is 29.0 Å². The molecule has 0 radical (unpaired) electrons. The lowest BCUT2D eigenvalue weighted by molar-refractivity contribution is -0.383. The molecule has 0 unspecified atom stereocenters. The summed E-state index contributed by atoms with van der Waals surface area (Å²) in [5.74, 6) is -0.992. The lowest BCUT2D eigenvalue weighted by Gasteiger charge is -2.11. The minimum atomic E-state index is -0.681. The summed E-state index contributed by atoms with van der Waals surface area (Å²) in [4.78, 5) is 33.6. The van der Waals surface area contributed by atoms with Gasteiger partial charge in [-0.15, -0.1) is 0 Å². The van der Waals surface area contributed by atoms with Crippen LogP contribution in [-0.2, 0) is 0 Å². The molecular weight excluding hydrogens is 466 g/mol. The van der Waals surface area contributed by atoms with Crippen molar-refractivity contribution in [3.8, 4) is 11.5 Å². The Bertz CT molecular complexity index is 1470. The van der Waals surface area contributed by atoms with Crippen LogP contribution in [0.15, 0.2) is 72.8 Å². The van der Waals surface area contributed by atoms with E-state index >= 15 is 0 Å². The van der Waals surface area contributed by atoms with Crippen LogP contribution >= 0.6 is 0 Å². The maximum atomic E-state index is 12.5. The van der Waals surface area contributed by atoms with Gasteiger partial charge >= 0.3 is 0 Å². The fourth-order valence-electron chi connectivity index (χ4n) is 3.35. The number of rotatable bonds is 5. The summed E-state index contributed by atoms with van der Waals surface area (Å²) in [5.41, 5.74) is 17.1. The van der Waals surface area contributed by atoms with Crippen LogP contribution in [0.1, 0.15) is 20.7 Å². The van der Waals surface area contributed by atoms with Crippen LogP contribution in [0.2, 0.25) is 0 Å². The Morgan fingerprint density at radius 1 is 1.00 bits per heavy atom. The number of carbonyl (C=O) groups excluding carboxylic acids is 2. The molecule has 11 heteroatoms. The number of aromatic hydroxyl groups is 1. The highest BCUT2D eigenvalue weighted by atomic mass is 16.6. The molecule has 0 saturated carbocycles. The second kappa shape index (κ2) is 10.7. The minimum absolute atomic E-state index is 0.0404. The number of nitro groups is 1. The van der Waals surface area contributed by atoms with E-state index in [-0.39, 0.29) is 28.4 Å². The van der Waals surface area contributed by atoms with Crippen molar-refractivity contribution < 1.29 is 24.4 Å². The van der Waals surface area contributed by atoms with Gasteiger partial charge in [0.2, 0.25) is 5.91 Å². The number of phenolic OH excluding ortho intramolecular Hbond substituents is 1. The number of fused-ring (bicyclic) bond motifs is 1. The maximum absolute atomic E-state index is 12.5. The number of hydrogen-bond acceptors (Lipinski definition) is 8. The number of amides is 2. The quantitative estimate of drug-likeness (QED) is 0.121. The number of nitrogens with zero attached hydrogens (tertiary/aromatic N) is 1. The molecule has 0 saturated heterocycles. The molecule has 184 valence electrons. The molecule has 0 heterocycles. The van der Waals surface area contributed by atoms with E-state index in [0.29, 0.717) is 27.8 Å². The second-order valence-electron chi connectivity index (χ2n) is 7.46. The number of carbonyl (C=O) groups is 2. The molecule has 36 heavy (non-hydrogen) atoms. The summed E-state index contributed by atoms with van der Waals surface area (Å²) in [5, 5.41) is 25.0. The molecule has 11 nitrogen and oxygen atoms in total. The van der Waals surface area contributed by atoms with Crippen LogP contribution < -0.4 is 27.3 Å². The highest BCUT2D eigenvalue weighted by molar-refractivity contribution is 6.12. The maximum Gasteiger partial charge on any atom is 0.292 e. The number of methoxy groups -OCH3 is 1. The van der Waals surface area contributed by atoms with Gasteiger partial charge in [0.15, 0.2) is 5.75 Å². The van der Waals surface area contributed by atoms with E-state index in [2.05, 4.69) is 5.32 Å². The van der Waals surface area contributed by atoms with Crippen molar-refractivity contribution in [2.24, 2.45) is 5.73 Å². The minimum Gasteiger partial charge on any atom is -0.505 e. The van der Waals surface area contributed by atoms with Gasteiger partial charge in [-0.1, -0.05) is 36.4 Å². The third kappa shape index (κ3) is 5.42. The van der Waals surface area contributed by atoms with Crippen molar-refractivity contribution in [2.45, 2.75) is 0 Å². The number of nitrogens with one attached hydrogen (secondary N) is 1. The molecule has 4 aromatic carbocycles. The molecule has 2 amide bonds. The van der Waals surface area contributed by atoms with Crippen LogP contribution in [0.5, 0.6) is 11.5 Å². The van der Waals surface area contributed by atoms with Crippen LogP contribution in [-0.4, -0.2) is 29.0 Å². The van der Waals surface area contributed by atoms with E-state index in [1.165, 1.54) is 37.4 Å². The zero-order valence-electron chi connectivity index (χ0n) is 19.1. The third-order valence-electron chi connectivity index (χ3n) is 5.17. The molecule has 8 N–H and O–H groups in total. The van der Waals surface area contributed by atoms with Crippen molar-refractivity contribution >= 4 is 45.3 Å². The number of para-hydroxylation sites is 2. The Labute approximate surface area is 205 Å². The first-order valence-corrected chi connectivity index (χ1v) is 10.4. The highest BCUT2D eigenvalue weighted by Crippen LogP contribution is 2.34. The highest BCUT2D eigenvalue weighted by Gasteiger charge is 2.20. The Balaban J connectivity index is 0.000000253. The molecule has 0 aliphatic carbocycles. The van der Waals surface area contributed by atoms with Crippen molar-refractivity contribution in [1.82, 2.24) is 0 Å². The molecule has 0 spiro atoms. The average molecular weight is 489 g/mol. The monoisotopic (exact) mass is 489 g/mol. The number of anilines is 3. The van der Waals surface area contributed by atoms with Gasteiger partial charge in [-0.2, -0.15) is 0 Å². The predicted octanol–water partition coefficient (Wildman–Crippen LogP) is 3.66. The molecule has 0 fully saturated rings. The topological polar surface area (TPSA) is 197 Å². The number of primary amides is 1. The van der Waals surface area contributed by atoms with Crippen LogP contribution in [0.3, 0.4) is 0 Å². The summed E-state index contributed by atoms with van der Waals surface area (Å²) >= 11 is 0. The van der Waals surface area contributed by atoms with E-state index < -0.39 is 16.7 Å². The average Bonchev–Trinajstić information content (AvgIpc) is 2.86. The van der Waals surface area contributed by atoms with Crippen molar-refractivity contribution in [2.75, 3.05) is 23.9 Å². The fourth-order valence-corrected chi connectivity index (χ4v) is 3.35. The summed E-state index contributed by atoms with van der Waals surface area (Å²) in [6, 6.07) is 19.0. The van der Waals surface area contributed by atoms with E-state index in [0.717, 1.165) is 0 Å². The Hall–Kier alpha value is -5.32. The lowest BCUT2D eigenvalue weighted by atomic mass is 10.0. The van der Waals surface area contributed by atoms with Gasteiger partial charge < -0.3 is 32.4 Å². The first kappa shape index (κ1) is 25.3. The van der Waals surface area contributed by atoms with Gasteiger partial charge in [-0.25, -0.2) is 0 Å². The van der Waals surface area contributed by atoms with Gasteiger partial charge in [0.25, 0.3) is 11.6 Å². The smallest absolute Gasteiger partial charge is 0.292 e. The van der Waals surface area contributed by atoms with Gasteiger partial charge in [0, 0.05) is 17.0 Å². The van der Waals surface area contributed by atoms with Crippen molar-refractivity contribution in [3.63, 3.8) is 0 Å². The Morgan fingerprint density at radius 2 is 1.67 bits per heavy atom. The van der Waals surface area contributed by atoms with Crippen molar-refractivity contribution in [1.29, 1.82) is 0 Å². The van der Waals surface area contributed by atoms with E-state index in [1.54, 1.807) is 42.5 Å². The molecule has 0 atom stereocenters. The van der Waals surface area contributed by atoms with Gasteiger partial charge in [0.1, 0.15) is 11.4 Å². The first-order chi connectivity index (χ1) is 17.1.